The number of aromatic nitrogens is 5. The molecule has 0 fully saturated rings. The van der Waals surface area contributed by atoms with E-state index < -0.39 is 0 Å². The van der Waals surface area contributed by atoms with E-state index in [2.05, 4.69) is 119 Å². The summed E-state index contributed by atoms with van der Waals surface area (Å²) in [4.78, 5) is 20.4. The van der Waals surface area contributed by atoms with Crippen molar-refractivity contribution >= 4 is 95.9 Å². The van der Waals surface area contributed by atoms with Crippen LogP contribution in [0.15, 0.2) is 140 Å². The average Bonchev–Trinajstić information content (AvgIpc) is 3.85. The monoisotopic (exact) mass is 661 g/mol. The maximum Gasteiger partial charge on any atom is 0.160 e. The molecular formula is C42H23N5S2. The van der Waals surface area contributed by atoms with Crippen LogP contribution in [0.4, 0.5) is 0 Å². The van der Waals surface area contributed by atoms with Crippen LogP contribution in [0.5, 0.6) is 0 Å². The van der Waals surface area contributed by atoms with Gasteiger partial charge in [0.2, 0.25) is 0 Å². The summed E-state index contributed by atoms with van der Waals surface area (Å²) in [6.45, 7) is 0. The number of nitrogens with zero attached hydrogens (tertiary/aromatic N) is 5. The molecular weight excluding hydrogens is 639 g/mol. The Morgan fingerprint density at radius 3 is 2.14 bits per heavy atom. The molecule has 0 amide bonds. The van der Waals surface area contributed by atoms with Crippen LogP contribution in [0.25, 0.3) is 102 Å². The van der Waals surface area contributed by atoms with Gasteiger partial charge in [-0.15, -0.1) is 22.7 Å². The highest BCUT2D eigenvalue weighted by Gasteiger charge is 2.24. The van der Waals surface area contributed by atoms with Gasteiger partial charge in [-0.25, -0.2) is 19.9 Å². The molecule has 7 heteroatoms. The van der Waals surface area contributed by atoms with Gasteiger partial charge in [-0.1, -0.05) is 84.9 Å². The molecule has 0 radical (unpaired) electrons. The predicted octanol–water partition coefficient (Wildman–Crippen LogP) is 11.6. The maximum atomic E-state index is 5.13. The third kappa shape index (κ3) is 3.85. The number of thiophene rings is 2. The lowest BCUT2D eigenvalue weighted by molar-refractivity contribution is 1.18. The molecule has 5 heterocycles. The predicted molar refractivity (Wildman–Crippen MR) is 206 cm³/mol. The first-order valence-electron chi connectivity index (χ1n) is 16.1. The Balaban J connectivity index is 1.20. The van der Waals surface area contributed by atoms with E-state index in [1.54, 1.807) is 17.7 Å². The number of fused-ring (bicyclic) bond motifs is 13. The first kappa shape index (κ1) is 27.0. The average molecular weight is 662 g/mol. The summed E-state index contributed by atoms with van der Waals surface area (Å²) in [5, 5.41) is 8.49. The van der Waals surface area contributed by atoms with E-state index in [1.165, 1.54) is 52.1 Å². The lowest BCUT2D eigenvalue weighted by Crippen LogP contribution is -1.97. The fraction of sp³-hybridized carbons (Fsp3) is 0. The summed E-state index contributed by atoms with van der Waals surface area (Å²) in [5.41, 5.74) is 7.39. The molecule has 0 saturated heterocycles. The van der Waals surface area contributed by atoms with Crippen LogP contribution in [0, 0.1) is 0 Å². The maximum absolute atomic E-state index is 5.13. The van der Waals surface area contributed by atoms with E-state index in [-0.39, 0.29) is 0 Å². The Bertz CT molecular complexity index is 3100. The number of benzene rings is 6. The van der Waals surface area contributed by atoms with Gasteiger partial charge >= 0.3 is 0 Å². The lowest BCUT2D eigenvalue weighted by Gasteiger charge is -2.12. The molecule has 0 aliphatic carbocycles. The second-order valence-corrected chi connectivity index (χ2v) is 14.3. The number of rotatable bonds is 3. The largest absolute Gasteiger partial charge is 0.308 e. The van der Waals surface area contributed by atoms with Crippen LogP contribution in [0.2, 0.25) is 0 Å². The van der Waals surface area contributed by atoms with Crippen LogP contribution >= 0.6 is 22.7 Å². The third-order valence-corrected chi connectivity index (χ3v) is 11.9. The zero-order valence-electron chi connectivity index (χ0n) is 25.8. The van der Waals surface area contributed by atoms with Gasteiger partial charge in [-0.05, 0) is 42.5 Å². The van der Waals surface area contributed by atoms with Gasteiger partial charge in [0, 0.05) is 70.1 Å². The zero-order chi connectivity index (χ0) is 32.1. The molecule has 0 saturated carbocycles. The second-order valence-electron chi connectivity index (χ2n) is 12.3. The molecule has 0 aliphatic rings. The fourth-order valence-corrected chi connectivity index (χ4v) is 9.89. The van der Waals surface area contributed by atoms with E-state index in [4.69, 9.17) is 15.0 Å². The quantitative estimate of drug-likeness (QED) is 0.189. The van der Waals surface area contributed by atoms with E-state index in [1.807, 2.05) is 35.7 Å². The zero-order valence-corrected chi connectivity index (χ0v) is 27.5. The molecule has 0 unspecified atom stereocenters. The minimum Gasteiger partial charge on any atom is -0.308 e. The van der Waals surface area contributed by atoms with Gasteiger partial charge in [0.25, 0.3) is 0 Å². The first-order valence-corrected chi connectivity index (χ1v) is 17.8. The number of hydrogen-bond acceptors (Lipinski definition) is 6. The van der Waals surface area contributed by atoms with E-state index >= 15 is 0 Å². The normalized spacial score (nSPS) is 12.1. The van der Waals surface area contributed by atoms with Crippen LogP contribution in [0.3, 0.4) is 0 Å². The van der Waals surface area contributed by atoms with Gasteiger partial charge in [0.1, 0.15) is 11.2 Å². The fourth-order valence-electron chi connectivity index (χ4n) is 7.46. The van der Waals surface area contributed by atoms with Crippen LogP contribution in [-0.4, -0.2) is 24.5 Å². The van der Waals surface area contributed by atoms with E-state index in [0.717, 1.165) is 43.6 Å². The highest BCUT2D eigenvalue weighted by molar-refractivity contribution is 7.29. The summed E-state index contributed by atoms with van der Waals surface area (Å²) in [7, 11) is 0. The highest BCUT2D eigenvalue weighted by atomic mass is 32.1. The summed E-state index contributed by atoms with van der Waals surface area (Å²) in [6, 6.07) is 44.9. The molecule has 0 atom stereocenters. The first-order chi connectivity index (χ1) is 24.3. The molecule has 0 spiro atoms. The molecule has 0 N–H and O–H groups in total. The minimum atomic E-state index is 0.712. The Morgan fingerprint density at radius 2 is 1.27 bits per heavy atom. The molecule has 228 valence electrons. The minimum absolute atomic E-state index is 0.712. The smallest absolute Gasteiger partial charge is 0.160 e. The molecule has 5 nitrogen and oxygen atoms in total. The van der Waals surface area contributed by atoms with Gasteiger partial charge in [0.15, 0.2) is 5.82 Å². The summed E-state index contributed by atoms with van der Waals surface area (Å²) in [6.07, 6.45) is 3.64. The van der Waals surface area contributed by atoms with Crippen molar-refractivity contribution in [1.29, 1.82) is 0 Å². The Labute approximate surface area is 287 Å². The van der Waals surface area contributed by atoms with Crippen molar-refractivity contribution in [3.63, 3.8) is 0 Å². The van der Waals surface area contributed by atoms with Gasteiger partial charge < -0.3 is 4.57 Å². The molecule has 6 aromatic carbocycles. The molecule has 0 bridgehead atoms. The van der Waals surface area contributed by atoms with Crippen molar-refractivity contribution < 1.29 is 0 Å². The van der Waals surface area contributed by atoms with Crippen molar-refractivity contribution in [3.8, 4) is 28.3 Å². The molecule has 5 aromatic heterocycles. The molecule has 0 aliphatic heterocycles. The van der Waals surface area contributed by atoms with Gasteiger partial charge in [-0.2, -0.15) is 0 Å². The van der Waals surface area contributed by atoms with Crippen LogP contribution in [-0.2, 0) is 0 Å². The molecule has 11 rings (SSSR count). The lowest BCUT2D eigenvalue weighted by atomic mass is 10.0. The van der Waals surface area contributed by atoms with Crippen molar-refractivity contribution in [3.05, 3.63) is 140 Å². The summed E-state index contributed by atoms with van der Waals surface area (Å²) >= 11 is 3.63. The van der Waals surface area contributed by atoms with Crippen molar-refractivity contribution in [2.45, 2.75) is 0 Å². The third-order valence-electron chi connectivity index (χ3n) is 9.57. The van der Waals surface area contributed by atoms with E-state index in [0.29, 0.717) is 5.82 Å². The van der Waals surface area contributed by atoms with Crippen molar-refractivity contribution in [2.24, 2.45) is 0 Å². The summed E-state index contributed by atoms with van der Waals surface area (Å²) < 4.78 is 6.25. The van der Waals surface area contributed by atoms with Crippen LogP contribution in [0.1, 0.15) is 0 Å². The Morgan fingerprint density at radius 1 is 0.531 bits per heavy atom. The van der Waals surface area contributed by atoms with Gasteiger partial charge in [-0.3, -0.25) is 0 Å². The molecule has 11 aromatic rings. The SMILES string of the molecule is c1ccc(-c2nc(-c3ccc(-n4c5ccccc5c5c6sc7ccccc7c6c6c7cncnc7sc6c54)cc3)nc3ccccc23)cc1. The van der Waals surface area contributed by atoms with Crippen molar-refractivity contribution in [2.75, 3.05) is 0 Å². The number of para-hydroxylation sites is 2. The number of hydrogen-bond donors (Lipinski definition) is 0. The second kappa shape index (κ2) is 10.2. The molecule has 49 heavy (non-hydrogen) atoms. The Kier molecular flexibility index (Phi) is 5.64. The highest BCUT2D eigenvalue weighted by Crippen LogP contribution is 2.51. The van der Waals surface area contributed by atoms with Crippen molar-refractivity contribution in [1.82, 2.24) is 24.5 Å². The van der Waals surface area contributed by atoms with Gasteiger partial charge in [0.05, 0.1) is 26.9 Å². The standard InChI is InChI=1S/C42H23N5S2/c1-2-10-24(11-3-1)37-27-12-4-7-15-31(27)45-41(46-37)25-18-20-26(21-19-25)47-32-16-8-5-13-28(32)36-38(47)40-35(30-22-43-23-44-42(30)49-40)34-29-14-6-9-17-33(29)48-39(34)36/h1-23H. The summed E-state index contributed by atoms with van der Waals surface area (Å²) in [5.74, 6) is 0.712. The van der Waals surface area contributed by atoms with E-state index in [9.17, 15) is 0 Å². The topological polar surface area (TPSA) is 56.5 Å². The Hall–Kier alpha value is -6.02. The van der Waals surface area contributed by atoms with Crippen LogP contribution < -0.4 is 0 Å².